The van der Waals surface area contributed by atoms with E-state index >= 15 is 0 Å². The Hall–Kier alpha value is -1.76. The van der Waals surface area contributed by atoms with Gasteiger partial charge >= 0.3 is 0 Å². The first-order valence-electron chi connectivity index (χ1n) is 6.85. The molecule has 0 saturated carbocycles. The van der Waals surface area contributed by atoms with Crippen molar-refractivity contribution in [1.29, 1.82) is 0 Å². The highest BCUT2D eigenvalue weighted by Gasteiger charge is 2.25. The summed E-state index contributed by atoms with van der Waals surface area (Å²) in [6.45, 7) is 1.40. The highest BCUT2D eigenvalue weighted by atomic mass is 32.2. The minimum Gasteiger partial charge on any atom is -0.395 e. The lowest BCUT2D eigenvalue weighted by molar-refractivity contribution is 0.251. The smallest absolute Gasteiger partial charge is 0.243 e. The average molecular weight is 323 g/mol. The van der Waals surface area contributed by atoms with Gasteiger partial charge in [0.25, 0.3) is 0 Å². The van der Waals surface area contributed by atoms with Crippen LogP contribution in [0.2, 0.25) is 0 Å². The van der Waals surface area contributed by atoms with Gasteiger partial charge < -0.3 is 5.11 Å². The van der Waals surface area contributed by atoms with Gasteiger partial charge in [-0.05, 0) is 36.2 Å². The highest BCUT2D eigenvalue weighted by molar-refractivity contribution is 7.89. The molecule has 1 N–H and O–H groups in total. The van der Waals surface area contributed by atoms with Gasteiger partial charge in [-0.3, -0.25) is 0 Å². The van der Waals surface area contributed by atoms with Crippen molar-refractivity contribution < 1.29 is 17.9 Å². The van der Waals surface area contributed by atoms with E-state index in [0.717, 1.165) is 15.9 Å². The number of halogens is 1. The molecule has 6 heteroatoms. The minimum absolute atomic E-state index is 0.0488. The van der Waals surface area contributed by atoms with Crippen molar-refractivity contribution in [2.75, 3.05) is 13.2 Å². The summed E-state index contributed by atoms with van der Waals surface area (Å²) < 4.78 is 40.0. The molecule has 2 aromatic rings. The van der Waals surface area contributed by atoms with Crippen molar-refractivity contribution in [2.45, 2.75) is 18.4 Å². The molecule has 0 spiro atoms. The lowest BCUT2D eigenvalue weighted by Crippen LogP contribution is -2.33. The molecule has 118 valence electrons. The van der Waals surface area contributed by atoms with Gasteiger partial charge in [-0.1, -0.05) is 30.3 Å². The number of sulfonamides is 1. The van der Waals surface area contributed by atoms with Crippen LogP contribution in [0, 0.1) is 12.7 Å². The second-order valence-electron chi connectivity index (χ2n) is 5.01. The van der Waals surface area contributed by atoms with Crippen molar-refractivity contribution in [3.05, 3.63) is 65.5 Å². The predicted molar refractivity (Wildman–Crippen MR) is 82.3 cm³/mol. The molecule has 0 aliphatic rings. The third-order valence-electron chi connectivity index (χ3n) is 3.20. The molecule has 0 saturated heterocycles. The number of aliphatic hydroxyl groups excluding tert-OH is 1. The molecule has 0 bridgehead atoms. The maximum absolute atomic E-state index is 13.5. The van der Waals surface area contributed by atoms with E-state index in [1.807, 2.05) is 18.2 Å². The van der Waals surface area contributed by atoms with Crippen molar-refractivity contribution in [2.24, 2.45) is 0 Å². The number of rotatable bonds is 6. The second-order valence-corrected chi connectivity index (χ2v) is 6.95. The summed E-state index contributed by atoms with van der Waals surface area (Å²) in [6.07, 6.45) is 0. The van der Waals surface area contributed by atoms with Crippen LogP contribution in [-0.4, -0.2) is 31.0 Å². The molecule has 0 radical (unpaired) electrons. The maximum Gasteiger partial charge on any atom is 0.243 e. The van der Waals surface area contributed by atoms with E-state index in [4.69, 9.17) is 5.11 Å². The monoisotopic (exact) mass is 323 g/mol. The fraction of sp³-hybridized carbons (Fsp3) is 0.250. The second kappa shape index (κ2) is 7.00. The lowest BCUT2D eigenvalue weighted by Gasteiger charge is -2.21. The van der Waals surface area contributed by atoms with Gasteiger partial charge in [-0.25, -0.2) is 12.8 Å². The number of benzene rings is 2. The topological polar surface area (TPSA) is 57.6 Å². The van der Waals surface area contributed by atoms with Crippen LogP contribution in [0.25, 0.3) is 0 Å². The Kier molecular flexibility index (Phi) is 5.28. The normalized spacial score (nSPS) is 11.8. The van der Waals surface area contributed by atoms with Crippen LogP contribution >= 0.6 is 0 Å². The molecular formula is C16H18FNO3S. The summed E-state index contributed by atoms with van der Waals surface area (Å²) >= 11 is 0. The van der Waals surface area contributed by atoms with Crippen LogP contribution in [0.3, 0.4) is 0 Å². The number of nitrogens with zero attached hydrogens (tertiary/aromatic N) is 1. The third-order valence-corrected chi connectivity index (χ3v) is 5.03. The third kappa shape index (κ3) is 3.91. The standard InChI is InChI=1S/C16H18FNO3S/c1-13-9-15(17)11-16(10-13)22(20,21)18(7-8-19)12-14-5-3-2-4-6-14/h2-6,9-11,19H,7-8,12H2,1H3. The van der Waals surface area contributed by atoms with E-state index < -0.39 is 15.8 Å². The molecule has 2 rings (SSSR count). The Morgan fingerprint density at radius 1 is 1.14 bits per heavy atom. The molecule has 0 amide bonds. The Morgan fingerprint density at radius 3 is 2.41 bits per heavy atom. The summed E-state index contributed by atoms with van der Waals surface area (Å²) in [5.74, 6) is -0.595. The first-order chi connectivity index (χ1) is 10.4. The number of aryl methyl sites for hydroxylation is 1. The van der Waals surface area contributed by atoms with E-state index in [1.54, 1.807) is 19.1 Å². The summed E-state index contributed by atoms with van der Waals surface area (Å²) in [5.41, 5.74) is 1.33. The zero-order valence-electron chi connectivity index (χ0n) is 12.2. The molecule has 0 unspecified atom stereocenters. The van der Waals surface area contributed by atoms with Crippen molar-refractivity contribution in [1.82, 2.24) is 4.31 Å². The Balaban J connectivity index is 2.37. The SMILES string of the molecule is Cc1cc(F)cc(S(=O)(=O)N(CCO)Cc2ccccc2)c1. The summed E-state index contributed by atoms with van der Waals surface area (Å²) in [7, 11) is -3.87. The van der Waals surface area contributed by atoms with Crippen LogP contribution in [0.15, 0.2) is 53.4 Å². The first kappa shape index (κ1) is 16.6. The van der Waals surface area contributed by atoms with Crippen LogP contribution in [-0.2, 0) is 16.6 Å². The number of hydrogen-bond acceptors (Lipinski definition) is 3. The van der Waals surface area contributed by atoms with Crippen LogP contribution in [0.1, 0.15) is 11.1 Å². The molecule has 0 atom stereocenters. The van der Waals surface area contributed by atoms with E-state index in [1.165, 1.54) is 12.1 Å². The predicted octanol–water partition coefficient (Wildman–Crippen LogP) is 2.32. The Bertz CT molecular complexity index is 712. The molecule has 0 fully saturated rings. The molecule has 4 nitrogen and oxygen atoms in total. The number of aliphatic hydroxyl groups is 1. The van der Waals surface area contributed by atoms with Crippen LogP contribution in [0.5, 0.6) is 0 Å². The van der Waals surface area contributed by atoms with Gasteiger partial charge in [0, 0.05) is 13.1 Å². The molecular weight excluding hydrogens is 305 g/mol. The molecule has 0 aliphatic carbocycles. The van der Waals surface area contributed by atoms with Crippen LogP contribution < -0.4 is 0 Å². The number of hydrogen-bond donors (Lipinski definition) is 1. The van der Waals surface area contributed by atoms with Gasteiger partial charge in [0.1, 0.15) is 5.82 Å². The van der Waals surface area contributed by atoms with Gasteiger partial charge in [-0.2, -0.15) is 4.31 Å². The van der Waals surface area contributed by atoms with Gasteiger partial charge in [0.15, 0.2) is 0 Å². The zero-order chi connectivity index (χ0) is 16.2. The molecule has 22 heavy (non-hydrogen) atoms. The van der Waals surface area contributed by atoms with Crippen LogP contribution in [0.4, 0.5) is 4.39 Å². The van der Waals surface area contributed by atoms with E-state index in [9.17, 15) is 12.8 Å². The lowest BCUT2D eigenvalue weighted by atomic mass is 10.2. The van der Waals surface area contributed by atoms with Gasteiger partial charge in [0.2, 0.25) is 10.0 Å². The Labute approximate surface area is 129 Å². The highest BCUT2D eigenvalue weighted by Crippen LogP contribution is 2.20. The average Bonchev–Trinajstić information content (AvgIpc) is 2.47. The van der Waals surface area contributed by atoms with E-state index in [0.29, 0.717) is 5.56 Å². The first-order valence-corrected chi connectivity index (χ1v) is 8.29. The quantitative estimate of drug-likeness (QED) is 0.887. The van der Waals surface area contributed by atoms with E-state index in [2.05, 4.69) is 0 Å². The minimum atomic E-state index is -3.87. The summed E-state index contributed by atoms with van der Waals surface area (Å²) in [5, 5.41) is 9.15. The molecule has 2 aromatic carbocycles. The van der Waals surface area contributed by atoms with Crippen molar-refractivity contribution in [3.8, 4) is 0 Å². The van der Waals surface area contributed by atoms with Gasteiger partial charge in [0.05, 0.1) is 11.5 Å². The van der Waals surface area contributed by atoms with Gasteiger partial charge in [-0.15, -0.1) is 0 Å². The summed E-state index contributed by atoms with van der Waals surface area (Å²) in [6, 6.07) is 12.8. The fourth-order valence-corrected chi connectivity index (χ4v) is 3.72. The zero-order valence-corrected chi connectivity index (χ0v) is 13.1. The summed E-state index contributed by atoms with van der Waals surface area (Å²) in [4.78, 5) is -0.102. The molecule has 0 aliphatic heterocycles. The molecule has 0 aromatic heterocycles. The van der Waals surface area contributed by atoms with Crippen molar-refractivity contribution in [3.63, 3.8) is 0 Å². The largest absolute Gasteiger partial charge is 0.395 e. The van der Waals surface area contributed by atoms with Crippen molar-refractivity contribution >= 4 is 10.0 Å². The maximum atomic E-state index is 13.5. The molecule has 0 heterocycles. The van der Waals surface area contributed by atoms with E-state index in [-0.39, 0.29) is 24.6 Å². The fourth-order valence-electron chi connectivity index (χ4n) is 2.18. The Morgan fingerprint density at radius 2 is 1.82 bits per heavy atom.